The molecule has 0 bridgehead atoms. The van der Waals surface area contributed by atoms with E-state index in [-0.39, 0.29) is 17.8 Å². The summed E-state index contributed by atoms with van der Waals surface area (Å²) in [6.45, 7) is 2.05. The van der Waals surface area contributed by atoms with E-state index in [0.29, 0.717) is 5.56 Å². The standard InChI is InChI=1S/C27H25FN2O/c1-18(25-6-4-5-22-17-24(29-2)15-16-26(22)25)30(3)27(31)21-9-7-19(8-10-21)20-11-13-23(28)14-12-20/h4-18,29H,1-3H3. The molecule has 156 valence electrons. The van der Waals surface area contributed by atoms with Crippen LogP contribution in [0.2, 0.25) is 0 Å². The average Bonchev–Trinajstić information content (AvgIpc) is 2.82. The van der Waals surface area contributed by atoms with Crippen LogP contribution in [0.25, 0.3) is 21.9 Å². The molecule has 3 nitrogen and oxygen atoms in total. The predicted molar refractivity (Wildman–Crippen MR) is 126 cm³/mol. The number of benzene rings is 4. The van der Waals surface area contributed by atoms with Gasteiger partial charge in [-0.3, -0.25) is 4.79 Å². The molecule has 4 aromatic rings. The van der Waals surface area contributed by atoms with Crippen LogP contribution in [0.15, 0.2) is 84.9 Å². The van der Waals surface area contributed by atoms with E-state index in [2.05, 4.69) is 35.6 Å². The van der Waals surface area contributed by atoms with Gasteiger partial charge in [0, 0.05) is 25.3 Å². The number of carbonyl (C=O) groups is 1. The van der Waals surface area contributed by atoms with E-state index in [9.17, 15) is 9.18 Å². The van der Waals surface area contributed by atoms with Gasteiger partial charge in [-0.2, -0.15) is 0 Å². The van der Waals surface area contributed by atoms with Crippen LogP contribution in [0, 0.1) is 5.82 Å². The van der Waals surface area contributed by atoms with E-state index in [4.69, 9.17) is 0 Å². The first-order valence-corrected chi connectivity index (χ1v) is 10.3. The molecule has 31 heavy (non-hydrogen) atoms. The Hall–Kier alpha value is -3.66. The summed E-state index contributed by atoms with van der Waals surface area (Å²) in [6.07, 6.45) is 0. The Morgan fingerprint density at radius 1 is 0.903 bits per heavy atom. The lowest BCUT2D eigenvalue weighted by atomic mass is 9.97. The van der Waals surface area contributed by atoms with Crippen molar-refractivity contribution in [3.05, 3.63) is 102 Å². The summed E-state index contributed by atoms with van der Waals surface area (Å²) in [4.78, 5) is 14.9. The molecular formula is C27H25FN2O. The van der Waals surface area contributed by atoms with E-state index in [0.717, 1.165) is 33.2 Å². The highest BCUT2D eigenvalue weighted by atomic mass is 19.1. The van der Waals surface area contributed by atoms with Crippen LogP contribution in [0.3, 0.4) is 0 Å². The lowest BCUT2D eigenvalue weighted by Gasteiger charge is -2.27. The second kappa shape index (κ2) is 8.60. The Morgan fingerprint density at radius 2 is 1.55 bits per heavy atom. The van der Waals surface area contributed by atoms with Gasteiger partial charge >= 0.3 is 0 Å². The third-order valence-corrected chi connectivity index (χ3v) is 5.86. The lowest BCUT2D eigenvalue weighted by Crippen LogP contribution is -2.29. The summed E-state index contributed by atoms with van der Waals surface area (Å²) in [5.74, 6) is -0.302. The minimum atomic E-state index is -0.262. The number of carbonyl (C=O) groups excluding carboxylic acids is 1. The predicted octanol–water partition coefficient (Wildman–Crippen LogP) is 6.52. The summed E-state index contributed by atoms with van der Waals surface area (Å²) >= 11 is 0. The minimum Gasteiger partial charge on any atom is -0.388 e. The number of amides is 1. The zero-order chi connectivity index (χ0) is 22.0. The van der Waals surface area contributed by atoms with Crippen LogP contribution >= 0.6 is 0 Å². The highest BCUT2D eigenvalue weighted by Gasteiger charge is 2.20. The van der Waals surface area contributed by atoms with Gasteiger partial charge < -0.3 is 10.2 Å². The third kappa shape index (κ3) is 4.15. The van der Waals surface area contributed by atoms with Crippen LogP contribution in [-0.2, 0) is 0 Å². The zero-order valence-corrected chi connectivity index (χ0v) is 17.9. The fraction of sp³-hybridized carbons (Fsp3) is 0.148. The first kappa shape index (κ1) is 20.6. The van der Waals surface area contributed by atoms with Gasteiger partial charge in [0.15, 0.2) is 0 Å². The van der Waals surface area contributed by atoms with Crippen molar-refractivity contribution in [3.8, 4) is 11.1 Å². The molecule has 1 atom stereocenters. The van der Waals surface area contributed by atoms with Crippen LogP contribution in [0.4, 0.5) is 10.1 Å². The minimum absolute atomic E-state index is 0.0398. The van der Waals surface area contributed by atoms with Crippen molar-refractivity contribution in [1.82, 2.24) is 4.90 Å². The van der Waals surface area contributed by atoms with Crippen LogP contribution < -0.4 is 5.32 Å². The quantitative estimate of drug-likeness (QED) is 0.405. The molecule has 1 unspecified atom stereocenters. The second-order valence-electron chi connectivity index (χ2n) is 7.71. The topological polar surface area (TPSA) is 32.3 Å². The molecule has 4 aromatic carbocycles. The monoisotopic (exact) mass is 412 g/mol. The van der Waals surface area contributed by atoms with Gasteiger partial charge in [-0.25, -0.2) is 4.39 Å². The van der Waals surface area contributed by atoms with Crippen molar-refractivity contribution < 1.29 is 9.18 Å². The lowest BCUT2D eigenvalue weighted by molar-refractivity contribution is 0.0743. The SMILES string of the molecule is CNc1ccc2c(C(C)N(C)C(=O)c3ccc(-c4ccc(F)cc4)cc3)cccc2c1. The van der Waals surface area contributed by atoms with E-state index in [1.165, 1.54) is 12.1 Å². The molecule has 0 spiro atoms. The second-order valence-corrected chi connectivity index (χ2v) is 7.71. The van der Waals surface area contributed by atoms with Crippen molar-refractivity contribution in [2.75, 3.05) is 19.4 Å². The first-order valence-electron chi connectivity index (χ1n) is 10.3. The molecule has 0 aliphatic rings. The van der Waals surface area contributed by atoms with Crippen molar-refractivity contribution in [2.24, 2.45) is 0 Å². The molecule has 4 heteroatoms. The van der Waals surface area contributed by atoms with E-state index < -0.39 is 0 Å². The fourth-order valence-corrected chi connectivity index (χ4v) is 3.86. The van der Waals surface area contributed by atoms with Gasteiger partial charge in [-0.05, 0) is 70.8 Å². The molecule has 0 saturated carbocycles. The van der Waals surface area contributed by atoms with Gasteiger partial charge in [0.25, 0.3) is 5.91 Å². The number of hydrogen-bond donors (Lipinski definition) is 1. The highest BCUT2D eigenvalue weighted by Crippen LogP contribution is 2.30. The molecular weight excluding hydrogens is 387 g/mol. The number of anilines is 1. The van der Waals surface area contributed by atoms with Crippen molar-refractivity contribution >= 4 is 22.4 Å². The maximum absolute atomic E-state index is 13.2. The molecule has 0 aliphatic carbocycles. The maximum Gasteiger partial charge on any atom is 0.254 e. The smallest absolute Gasteiger partial charge is 0.254 e. The number of nitrogens with one attached hydrogen (secondary N) is 1. The molecule has 4 rings (SSSR count). The Kier molecular flexibility index (Phi) is 5.72. The molecule has 0 heterocycles. The Bertz CT molecular complexity index is 1220. The number of rotatable bonds is 5. The van der Waals surface area contributed by atoms with E-state index >= 15 is 0 Å². The van der Waals surface area contributed by atoms with Gasteiger partial charge in [-0.15, -0.1) is 0 Å². The molecule has 0 radical (unpaired) electrons. The van der Waals surface area contributed by atoms with Gasteiger partial charge in [-0.1, -0.05) is 48.5 Å². The summed E-state index contributed by atoms with van der Waals surface area (Å²) in [5.41, 5.74) is 4.65. The van der Waals surface area contributed by atoms with Crippen molar-refractivity contribution in [1.29, 1.82) is 0 Å². The van der Waals surface area contributed by atoms with Gasteiger partial charge in [0.2, 0.25) is 0 Å². The van der Waals surface area contributed by atoms with Crippen molar-refractivity contribution in [3.63, 3.8) is 0 Å². The maximum atomic E-state index is 13.2. The van der Waals surface area contributed by atoms with Gasteiger partial charge in [0.1, 0.15) is 5.82 Å². The summed E-state index contributed by atoms with van der Waals surface area (Å²) in [5, 5.41) is 5.44. The molecule has 1 amide bonds. The summed E-state index contributed by atoms with van der Waals surface area (Å²) in [7, 11) is 3.74. The average molecular weight is 413 g/mol. The fourth-order valence-electron chi connectivity index (χ4n) is 3.86. The van der Waals surface area contributed by atoms with Crippen LogP contribution in [0.1, 0.15) is 28.9 Å². The first-order chi connectivity index (χ1) is 15.0. The Morgan fingerprint density at radius 3 is 2.19 bits per heavy atom. The summed E-state index contributed by atoms with van der Waals surface area (Å²) < 4.78 is 13.2. The Balaban J connectivity index is 1.58. The molecule has 0 fully saturated rings. The number of nitrogens with zero attached hydrogens (tertiary/aromatic N) is 1. The Labute approximate surface area is 182 Å². The third-order valence-electron chi connectivity index (χ3n) is 5.86. The molecule has 0 aromatic heterocycles. The number of fused-ring (bicyclic) bond motifs is 1. The van der Waals surface area contributed by atoms with E-state index in [1.54, 1.807) is 17.0 Å². The van der Waals surface area contributed by atoms with E-state index in [1.807, 2.05) is 51.4 Å². The van der Waals surface area contributed by atoms with Crippen LogP contribution in [-0.4, -0.2) is 24.9 Å². The molecule has 0 saturated heterocycles. The summed E-state index contributed by atoms with van der Waals surface area (Å²) in [6, 6.07) is 26.2. The number of hydrogen-bond acceptors (Lipinski definition) is 2. The van der Waals surface area contributed by atoms with Gasteiger partial charge in [0.05, 0.1) is 6.04 Å². The normalized spacial score (nSPS) is 11.9. The molecule has 0 aliphatic heterocycles. The highest BCUT2D eigenvalue weighted by molar-refractivity contribution is 5.95. The van der Waals surface area contributed by atoms with Crippen LogP contribution in [0.5, 0.6) is 0 Å². The zero-order valence-electron chi connectivity index (χ0n) is 17.9. The largest absolute Gasteiger partial charge is 0.388 e. The van der Waals surface area contributed by atoms with Crippen molar-refractivity contribution in [2.45, 2.75) is 13.0 Å². The molecule has 1 N–H and O–H groups in total. The number of halogens is 1.